The summed E-state index contributed by atoms with van der Waals surface area (Å²) in [7, 11) is -3.55. The van der Waals surface area contributed by atoms with Gasteiger partial charge in [0.15, 0.2) is 0 Å². The molecule has 0 spiro atoms. The molecule has 112 valence electrons. The van der Waals surface area contributed by atoms with Gasteiger partial charge in [0, 0.05) is 13.1 Å². The molecular formula is C15H23NO3S. The molecule has 0 radical (unpaired) electrons. The number of sulfonamides is 1. The fourth-order valence-electron chi connectivity index (χ4n) is 2.07. The van der Waals surface area contributed by atoms with Crippen molar-refractivity contribution in [1.29, 1.82) is 0 Å². The summed E-state index contributed by atoms with van der Waals surface area (Å²) in [6.45, 7) is 8.07. The first-order valence-electron chi connectivity index (χ1n) is 6.84. The van der Waals surface area contributed by atoms with Crippen LogP contribution in [0.2, 0.25) is 0 Å². The molecule has 0 aliphatic rings. The van der Waals surface area contributed by atoms with Gasteiger partial charge in [-0.05, 0) is 30.0 Å². The number of hydrogen-bond donors (Lipinski definition) is 1. The summed E-state index contributed by atoms with van der Waals surface area (Å²) in [4.78, 5) is 0.293. The summed E-state index contributed by atoms with van der Waals surface area (Å²) in [5.74, 6) is 0. The van der Waals surface area contributed by atoms with Crippen LogP contribution in [-0.4, -0.2) is 30.9 Å². The van der Waals surface area contributed by atoms with E-state index in [-0.39, 0.29) is 6.61 Å². The lowest BCUT2D eigenvalue weighted by molar-refractivity contribution is 0.281. The van der Waals surface area contributed by atoms with Crippen LogP contribution in [-0.2, 0) is 23.1 Å². The fourth-order valence-corrected chi connectivity index (χ4v) is 3.92. The second-order valence-electron chi connectivity index (χ2n) is 4.61. The van der Waals surface area contributed by atoms with Gasteiger partial charge in [0.1, 0.15) is 0 Å². The van der Waals surface area contributed by atoms with Crippen LogP contribution in [0.1, 0.15) is 31.4 Å². The Kier molecular flexibility index (Phi) is 6.39. The average molecular weight is 297 g/mol. The van der Waals surface area contributed by atoms with Gasteiger partial charge in [-0.1, -0.05) is 32.1 Å². The third kappa shape index (κ3) is 3.69. The molecule has 1 rings (SSSR count). The number of rotatable bonds is 8. The van der Waals surface area contributed by atoms with E-state index in [1.807, 2.05) is 13.8 Å². The molecule has 0 saturated heterocycles. The zero-order chi connectivity index (χ0) is 15.2. The second kappa shape index (κ2) is 7.57. The predicted molar refractivity (Wildman–Crippen MR) is 81.0 cm³/mol. The van der Waals surface area contributed by atoms with E-state index in [1.54, 1.807) is 24.3 Å². The van der Waals surface area contributed by atoms with E-state index >= 15 is 0 Å². The monoisotopic (exact) mass is 297 g/mol. The molecular weight excluding hydrogens is 274 g/mol. The molecule has 0 aromatic heterocycles. The van der Waals surface area contributed by atoms with E-state index in [4.69, 9.17) is 0 Å². The van der Waals surface area contributed by atoms with Crippen molar-refractivity contribution in [2.45, 2.75) is 38.2 Å². The van der Waals surface area contributed by atoms with E-state index in [0.717, 1.165) is 12.0 Å². The average Bonchev–Trinajstić information content (AvgIpc) is 2.46. The summed E-state index contributed by atoms with van der Waals surface area (Å²) >= 11 is 0. The quantitative estimate of drug-likeness (QED) is 0.749. The molecule has 5 heteroatoms. The summed E-state index contributed by atoms with van der Waals surface area (Å²) in [5.41, 5.74) is 1.38. The Morgan fingerprint density at radius 3 is 2.55 bits per heavy atom. The summed E-state index contributed by atoms with van der Waals surface area (Å²) in [6, 6.07) is 5.10. The van der Waals surface area contributed by atoms with E-state index in [0.29, 0.717) is 30.0 Å². The Labute approximate surface area is 121 Å². The Hall–Kier alpha value is -1.17. The molecule has 1 aromatic rings. The van der Waals surface area contributed by atoms with Crippen LogP contribution in [0.25, 0.3) is 0 Å². The Morgan fingerprint density at radius 1 is 1.35 bits per heavy atom. The van der Waals surface area contributed by atoms with E-state index < -0.39 is 10.0 Å². The van der Waals surface area contributed by atoms with Gasteiger partial charge in [0.25, 0.3) is 0 Å². The van der Waals surface area contributed by atoms with Gasteiger partial charge in [-0.25, -0.2) is 8.42 Å². The summed E-state index contributed by atoms with van der Waals surface area (Å²) in [6.07, 6.45) is 2.97. The van der Waals surface area contributed by atoms with Crippen LogP contribution < -0.4 is 0 Å². The smallest absolute Gasteiger partial charge is 0.243 e. The SMILES string of the molecule is C=CCN(CCC)S(=O)(=O)c1cc(CO)ccc1CC. The summed E-state index contributed by atoms with van der Waals surface area (Å²) in [5, 5.41) is 9.21. The van der Waals surface area contributed by atoms with Gasteiger partial charge in [-0.2, -0.15) is 4.31 Å². The maximum Gasteiger partial charge on any atom is 0.243 e. The van der Waals surface area contributed by atoms with Crippen LogP contribution in [0.3, 0.4) is 0 Å². The van der Waals surface area contributed by atoms with Crippen molar-refractivity contribution in [2.75, 3.05) is 13.1 Å². The molecule has 0 aliphatic heterocycles. The van der Waals surface area contributed by atoms with Crippen molar-refractivity contribution in [3.05, 3.63) is 42.0 Å². The standard InChI is InChI=1S/C15H23NO3S/c1-4-9-16(10-5-2)20(18,19)15-11-13(12-17)7-8-14(15)6-3/h4,7-8,11,17H,1,5-6,9-10,12H2,2-3H3. The minimum absolute atomic E-state index is 0.165. The van der Waals surface area contributed by atoms with Crippen molar-refractivity contribution in [3.8, 4) is 0 Å². The lowest BCUT2D eigenvalue weighted by Gasteiger charge is -2.22. The predicted octanol–water partition coefficient (Wildman–Crippen LogP) is 2.33. The van der Waals surface area contributed by atoms with Crippen LogP contribution >= 0.6 is 0 Å². The first-order valence-corrected chi connectivity index (χ1v) is 8.28. The zero-order valence-electron chi connectivity index (χ0n) is 12.2. The molecule has 0 saturated carbocycles. The number of aliphatic hydroxyl groups is 1. The summed E-state index contributed by atoms with van der Waals surface area (Å²) < 4.78 is 26.9. The first kappa shape index (κ1) is 16.9. The lowest BCUT2D eigenvalue weighted by Crippen LogP contribution is -2.32. The molecule has 0 amide bonds. The third-order valence-corrected chi connectivity index (χ3v) is 5.07. The Bertz CT molecular complexity index is 552. The molecule has 20 heavy (non-hydrogen) atoms. The van der Waals surface area contributed by atoms with Gasteiger partial charge in [0.05, 0.1) is 11.5 Å². The highest BCUT2D eigenvalue weighted by Crippen LogP contribution is 2.23. The van der Waals surface area contributed by atoms with Crippen LogP contribution in [0.4, 0.5) is 0 Å². The maximum absolute atomic E-state index is 12.8. The minimum atomic E-state index is -3.55. The molecule has 4 nitrogen and oxygen atoms in total. The van der Waals surface area contributed by atoms with Crippen molar-refractivity contribution in [2.24, 2.45) is 0 Å². The van der Waals surface area contributed by atoms with Crippen LogP contribution in [0.15, 0.2) is 35.7 Å². The molecule has 0 unspecified atom stereocenters. The third-order valence-electron chi connectivity index (χ3n) is 3.12. The molecule has 0 heterocycles. The van der Waals surface area contributed by atoms with E-state index in [2.05, 4.69) is 6.58 Å². The highest BCUT2D eigenvalue weighted by Gasteiger charge is 2.25. The zero-order valence-corrected chi connectivity index (χ0v) is 13.0. The number of hydrogen-bond acceptors (Lipinski definition) is 3. The van der Waals surface area contributed by atoms with Crippen molar-refractivity contribution >= 4 is 10.0 Å². The largest absolute Gasteiger partial charge is 0.392 e. The molecule has 1 N–H and O–H groups in total. The first-order chi connectivity index (χ1) is 9.51. The maximum atomic E-state index is 12.8. The Balaban J connectivity index is 3.34. The fraction of sp³-hybridized carbons (Fsp3) is 0.467. The van der Waals surface area contributed by atoms with Crippen molar-refractivity contribution < 1.29 is 13.5 Å². The van der Waals surface area contributed by atoms with Gasteiger partial charge in [-0.15, -0.1) is 6.58 Å². The highest BCUT2D eigenvalue weighted by atomic mass is 32.2. The molecule has 0 aliphatic carbocycles. The van der Waals surface area contributed by atoms with Gasteiger partial charge >= 0.3 is 0 Å². The van der Waals surface area contributed by atoms with E-state index in [9.17, 15) is 13.5 Å². The van der Waals surface area contributed by atoms with Gasteiger partial charge < -0.3 is 5.11 Å². The second-order valence-corrected chi connectivity index (χ2v) is 6.51. The van der Waals surface area contributed by atoms with Gasteiger partial charge in [-0.3, -0.25) is 0 Å². The van der Waals surface area contributed by atoms with Crippen LogP contribution in [0, 0.1) is 0 Å². The number of aryl methyl sites for hydroxylation is 1. The topological polar surface area (TPSA) is 57.6 Å². The Morgan fingerprint density at radius 2 is 2.05 bits per heavy atom. The van der Waals surface area contributed by atoms with E-state index in [1.165, 1.54) is 4.31 Å². The molecule has 0 fully saturated rings. The highest BCUT2D eigenvalue weighted by molar-refractivity contribution is 7.89. The lowest BCUT2D eigenvalue weighted by atomic mass is 10.1. The molecule has 0 atom stereocenters. The molecule has 1 aromatic carbocycles. The molecule has 0 bridgehead atoms. The van der Waals surface area contributed by atoms with Gasteiger partial charge in [0.2, 0.25) is 10.0 Å². The van der Waals surface area contributed by atoms with Crippen molar-refractivity contribution in [1.82, 2.24) is 4.31 Å². The number of benzene rings is 1. The number of nitrogens with zero attached hydrogens (tertiary/aromatic N) is 1. The van der Waals surface area contributed by atoms with Crippen LogP contribution in [0.5, 0.6) is 0 Å². The van der Waals surface area contributed by atoms with Crippen molar-refractivity contribution in [3.63, 3.8) is 0 Å². The minimum Gasteiger partial charge on any atom is -0.392 e. The number of aliphatic hydroxyl groups excluding tert-OH is 1. The normalized spacial score (nSPS) is 11.8.